The van der Waals surface area contributed by atoms with E-state index < -0.39 is 11.6 Å². The number of fused-ring (bicyclic) bond motifs is 1. The van der Waals surface area contributed by atoms with Crippen LogP contribution in [0.4, 0.5) is 4.39 Å². The van der Waals surface area contributed by atoms with E-state index in [0.717, 1.165) is 6.20 Å². The summed E-state index contributed by atoms with van der Waals surface area (Å²) in [6.45, 7) is 0. The van der Waals surface area contributed by atoms with Crippen molar-refractivity contribution in [2.45, 2.75) is 0 Å². The Labute approximate surface area is 87.1 Å². The third kappa shape index (κ3) is 1.22. The molecule has 2 N–H and O–H groups in total. The Morgan fingerprint density at radius 3 is 3.06 bits per heavy atom. The average Bonchev–Trinajstić information content (AvgIpc) is 2.83. The largest absolute Gasteiger partial charge is 0.434 e. The highest BCUT2D eigenvalue weighted by molar-refractivity contribution is 5.90. The molecular weight excluding hydrogens is 215 g/mol. The molecule has 80 valence electrons. The maximum atomic E-state index is 13.0. The molecule has 0 unspecified atom stereocenters. The van der Waals surface area contributed by atoms with Crippen molar-refractivity contribution in [3.63, 3.8) is 0 Å². The first-order valence-electron chi connectivity index (χ1n) is 4.42. The lowest BCUT2D eigenvalue weighted by Gasteiger charge is -1.91. The quantitative estimate of drug-likeness (QED) is 0.641. The molecule has 3 rings (SSSR count). The molecule has 3 heterocycles. The Bertz CT molecular complexity index is 711. The molecule has 0 fully saturated rings. The molecule has 0 aliphatic rings. The Kier molecular flexibility index (Phi) is 1.67. The average molecular weight is 220 g/mol. The lowest BCUT2D eigenvalue weighted by molar-refractivity contribution is 0.527. The van der Waals surface area contributed by atoms with Crippen LogP contribution in [0.1, 0.15) is 0 Å². The van der Waals surface area contributed by atoms with Gasteiger partial charge in [0.2, 0.25) is 0 Å². The molecule has 0 amide bonds. The summed E-state index contributed by atoms with van der Waals surface area (Å²) in [4.78, 5) is 17.5. The van der Waals surface area contributed by atoms with Gasteiger partial charge in [-0.05, 0) is 6.07 Å². The van der Waals surface area contributed by atoms with E-state index in [1.54, 1.807) is 6.20 Å². The topological polar surface area (TPSA) is 87.6 Å². The van der Waals surface area contributed by atoms with Gasteiger partial charge in [-0.1, -0.05) is 0 Å². The monoisotopic (exact) mass is 220 g/mol. The van der Waals surface area contributed by atoms with Crippen molar-refractivity contribution < 1.29 is 8.81 Å². The number of H-pyrrole nitrogens is 2. The lowest BCUT2D eigenvalue weighted by atomic mass is 10.2. The fraction of sp³-hybridized carbons (Fsp3) is 0. The van der Waals surface area contributed by atoms with E-state index in [4.69, 9.17) is 4.42 Å². The second kappa shape index (κ2) is 3.02. The van der Waals surface area contributed by atoms with E-state index in [9.17, 15) is 9.18 Å². The molecule has 3 aromatic rings. The summed E-state index contributed by atoms with van der Waals surface area (Å²) in [6, 6.07) is 1.29. The molecular formula is C9H5FN4O2. The van der Waals surface area contributed by atoms with Gasteiger partial charge in [0.1, 0.15) is 11.5 Å². The minimum Gasteiger partial charge on any atom is -0.388 e. The Balaban J connectivity index is 2.31. The maximum Gasteiger partial charge on any atom is 0.434 e. The van der Waals surface area contributed by atoms with Crippen molar-refractivity contribution in [2.75, 3.05) is 0 Å². The van der Waals surface area contributed by atoms with Gasteiger partial charge in [-0.2, -0.15) is 0 Å². The van der Waals surface area contributed by atoms with Crippen molar-refractivity contribution in [1.82, 2.24) is 20.2 Å². The molecule has 6 nitrogen and oxygen atoms in total. The first-order valence-corrected chi connectivity index (χ1v) is 4.42. The fourth-order valence-electron chi connectivity index (χ4n) is 1.50. The summed E-state index contributed by atoms with van der Waals surface area (Å²) in [5, 5.41) is 6.31. The number of pyridine rings is 1. The zero-order chi connectivity index (χ0) is 11.1. The van der Waals surface area contributed by atoms with Crippen LogP contribution in [-0.2, 0) is 0 Å². The Hall–Kier alpha value is -2.44. The van der Waals surface area contributed by atoms with Crippen LogP contribution < -0.4 is 5.76 Å². The Morgan fingerprint density at radius 1 is 1.44 bits per heavy atom. The van der Waals surface area contributed by atoms with Gasteiger partial charge in [-0.25, -0.2) is 19.3 Å². The molecule has 0 saturated heterocycles. The number of halogens is 1. The van der Waals surface area contributed by atoms with E-state index in [-0.39, 0.29) is 5.89 Å². The summed E-state index contributed by atoms with van der Waals surface area (Å²) in [7, 11) is 0. The highest BCUT2D eigenvalue weighted by Crippen LogP contribution is 2.25. The smallest absolute Gasteiger partial charge is 0.388 e. The van der Waals surface area contributed by atoms with E-state index in [1.807, 2.05) is 0 Å². The minimum absolute atomic E-state index is 0.101. The number of hydrogen-bond acceptors (Lipinski definition) is 4. The van der Waals surface area contributed by atoms with Crippen molar-refractivity contribution >= 4 is 11.0 Å². The number of aromatic amines is 2. The number of hydrogen-bond donors (Lipinski definition) is 2. The van der Waals surface area contributed by atoms with Gasteiger partial charge < -0.3 is 9.40 Å². The molecule has 0 bridgehead atoms. The zero-order valence-electron chi connectivity index (χ0n) is 7.82. The lowest BCUT2D eigenvalue weighted by Crippen LogP contribution is -1.93. The van der Waals surface area contributed by atoms with Gasteiger partial charge in [0.15, 0.2) is 0 Å². The van der Waals surface area contributed by atoms with Crippen LogP contribution in [0.5, 0.6) is 0 Å². The van der Waals surface area contributed by atoms with Crippen LogP contribution in [0, 0.1) is 5.82 Å². The van der Waals surface area contributed by atoms with E-state index in [0.29, 0.717) is 16.6 Å². The highest BCUT2D eigenvalue weighted by atomic mass is 19.1. The molecule has 0 aromatic carbocycles. The minimum atomic E-state index is -0.659. The van der Waals surface area contributed by atoms with Crippen molar-refractivity contribution in [2.24, 2.45) is 0 Å². The first kappa shape index (κ1) is 8.84. The molecule has 7 heteroatoms. The molecule has 0 spiro atoms. The highest BCUT2D eigenvalue weighted by Gasteiger charge is 2.12. The number of rotatable bonds is 1. The molecule has 0 atom stereocenters. The van der Waals surface area contributed by atoms with Crippen LogP contribution in [-0.4, -0.2) is 20.2 Å². The van der Waals surface area contributed by atoms with Crippen LogP contribution in [0.15, 0.2) is 27.7 Å². The maximum absolute atomic E-state index is 13.0. The Morgan fingerprint density at radius 2 is 2.31 bits per heavy atom. The van der Waals surface area contributed by atoms with E-state index in [2.05, 4.69) is 20.2 Å². The van der Waals surface area contributed by atoms with Crippen molar-refractivity contribution in [3.8, 4) is 11.5 Å². The van der Waals surface area contributed by atoms with Crippen LogP contribution in [0.3, 0.4) is 0 Å². The van der Waals surface area contributed by atoms with Gasteiger partial charge in [0.05, 0.1) is 11.8 Å². The standard InChI is InChI=1S/C9H5FN4O2/c10-4-1-5-6(3-12-7(5)11-2-4)8-13-14-9(15)16-8/h1-3H,(H,11,12)(H,14,15). The van der Waals surface area contributed by atoms with Crippen LogP contribution in [0.25, 0.3) is 22.5 Å². The molecule has 0 aliphatic heterocycles. The third-order valence-corrected chi connectivity index (χ3v) is 2.17. The van der Waals surface area contributed by atoms with Gasteiger partial charge in [0, 0.05) is 11.6 Å². The van der Waals surface area contributed by atoms with E-state index >= 15 is 0 Å². The summed E-state index contributed by atoms with van der Waals surface area (Å²) < 4.78 is 17.8. The van der Waals surface area contributed by atoms with Crippen molar-refractivity contribution in [1.29, 1.82) is 0 Å². The molecule has 0 saturated carbocycles. The number of nitrogens with one attached hydrogen (secondary N) is 2. The molecule has 3 aromatic heterocycles. The van der Waals surface area contributed by atoms with Gasteiger partial charge in [-0.3, -0.25) is 0 Å². The fourth-order valence-corrected chi connectivity index (χ4v) is 1.50. The summed E-state index contributed by atoms with van der Waals surface area (Å²) in [5.41, 5.74) is 0.988. The zero-order valence-corrected chi connectivity index (χ0v) is 7.82. The SMILES string of the molecule is O=c1[nH]nc(-c2c[nH]c3ncc(F)cc23)o1. The first-order chi connectivity index (χ1) is 7.74. The molecule has 16 heavy (non-hydrogen) atoms. The van der Waals surface area contributed by atoms with Gasteiger partial charge >= 0.3 is 5.76 Å². The summed E-state index contributed by atoms with van der Waals surface area (Å²) in [5.74, 6) is -1.02. The molecule has 0 radical (unpaired) electrons. The van der Waals surface area contributed by atoms with Gasteiger partial charge in [0.25, 0.3) is 5.89 Å². The predicted octanol–water partition coefficient (Wildman–Crippen LogP) is 1.05. The normalized spacial score (nSPS) is 11.1. The third-order valence-electron chi connectivity index (χ3n) is 2.17. The predicted molar refractivity (Wildman–Crippen MR) is 52.2 cm³/mol. The summed E-state index contributed by atoms with van der Waals surface area (Å²) in [6.07, 6.45) is 2.65. The second-order valence-corrected chi connectivity index (χ2v) is 3.17. The van der Waals surface area contributed by atoms with Crippen LogP contribution >= 0.6 is 0 Å². The number of aromatic nitrogens is 4. The van der Waals surface area contributed by atoms with Crippen molar-refractivity contribution in [3.05, 3.63) is 34.8 Å². The number of nitrogens with zero attached hydrogens (tertiary/aromatic N) is 2. The van der Waals surface area contributed by atoms with Gasteiger partial charge in [-0.15, -0.1) is 5.10 Å². The molecule has 0 aliphatic carbocycles. The van der Waals surface area contributed by atoms with Crippen LogP contribution in [0.2, 0.25) is 0 Å². The summed E-state index contributed by atoms with van der Waals surface area (Å²) >= 11 is 0. The van der Waals surface area contributed by atoms with E-state index in [1.165, 1.54) is 6.07 Å². The second-order valence-electron chi connectivity index (χ2n) is 3.17.